The molecule has 1 aliphatic rings. The Morgan fingerprint density at radius 1 is 1.57 bits per heavy atom. The van der Waals surface area contributed by atoms with Crippen LogP contribution in [0.2, 0.25) is 0 Å². The van der Waals surface area contributed by atoms with E-state index in [1.165, 1.54) is 0 Å². The fourth-order valence-electron chi connectivity index (χ4n) is 1.55. The SMILES string of the molecule is Cc1c(O)c(C=O)cc2c1OCC=C2. The van der Waals surface area contributed by atoms with E-state index >= 15 is 0 Å². The molecule has 0 atom stereocenters. The van der Waals surface area contributed by atoms with E-state index in [0.29, 0.717) is 29.8 Å². The van der Waals surface area contributed by atoms with Gasteiger partial charge in [0.05, 0.1) is 5.56 Å². The third-order valence-corrected chi connectivity index (χ3v) is 2.29. The van der Waals surface area contributed by atoms with Crippen LogP contribution in [0.5, 0.6) is 11.5 Å². The minimum absolute atomic E-state index is 0.00838. The molecule has 1 aliphatic heterocycles. The highest BCUT2D eigenvalue weighted by molar-refractivity contribution is 5.84. The van der Waals surface area contributed by atoms with Crippen molar-refractivity contribution in [1.82, 2.24) is 0 Å². The first-order chi connectivity index (χ1) is 6.74. The van der Waals surface area contributed by atoms with Crippen LogP contribution >= 0.6 is 0 Å². The number of phenolic OH excluding ortho intramolecular Hbond substituents is 1. The second-order valence-corrected chi connectivity index (χ2v) is 3.19. The topological polar surface area (TPSA) is 46.5 Å². The maximum Gasteiger partial charge on any atom is 0.153 e. The number of ether oxygens (including phenoxy) is 1. The fourth-order valence-corrected chi connectivity index (χ4v) is 1.55. The Balaban J connectivity index is 2.70. The van der Waals surface area contributed by atoms with Crippen LogP contribution in [0.1, 0.15) is 21.5 Å². The van der Waals surface area contributed by atoms with Crippen LogP contribution in [0.15, 0.2) is 12.1 Å². The molecule has 0 amide bonds. The highest BCUT2D eigenvalue weighted by Gasteiger charge is 2.15. The van der Waals surface area contributed by atoms with Crippen molar-refractivity contribution in [2.45, 2.75) is 6.92 Å². The molecule has 1 N–H and O–H groups in total. The van der Waals surface area contributed by atoms with E-state index in [2.05, 4.69) is 0 Å². The van der Waals surface area contributed by atoms with Gasteiger partial charge in [-0.25, -0.2) is 0 Å². The number of rotatable bonds is 1. The maximum absolute atomic E-state index is 10.6. The van der Waals surface area contributed by atoms with Crippen molar-refractivity contribution in [1.29, 1.82) is 0 Å². The molecule has 3 nitrogen and oxygen atoms in total. The summed E-state index contributed by atoms with van der Waals surface area (Å²) in [5.74, 6) is 0.671. The number of phenols is 1. The molecule has 14 heavy (non-hydrogen) atoms. The first kappa shape index (κ1) is 8.81. The van der Waals surface area contributed by atoms with Crippen LogP contribution in [0, 0.1) is 6.92 Å². The zero-order chi connectivity index (χ0) is 10.1. The molecule has 2 rings (SSSR count). The average Bonchev–Trinajstić information content (AvgIpc) is 2.23. The van der Waals surface area contributed by atoms with Gasteiger partial charge < -0.3 is 9.84 Å². The van der Waals surface area contributed by atoms with Crippen LogP contribution in [-0.4, -0.2) is 18.0 Å². The maximum atomic E-state index is 10.6. The molecule has 1 heterocycles. The molecule has 0 saturated carbocycles. The lowest BCUT2D eigenvalue weighted by atomic mass is 10.0. The largest absolute Gasteiger partial charge is 0.507 e. The summed E-state index contributed by atoms with van der Waals surface area (Å²) in [7, 11) is 0. The highest BCUT2D eigenvalue weighted by Crippen LogP contribution is 2.35. The Hall–Kier alpha value is -1.77. The number of benzene rings is 1. The summed E-state index contributed by atoms with van der Waals surface area (Å²) in [4.78, 5) is 10.6. The summed E-state index contributed by atoms with van der Waals surface area (Å²) < 4.78 is 5.37. The highest BCUT2D eigenvalue weighted by atomic mass is 16.5. The second-order valence-electron chi connectivity index (χ2n) is 3.19. The van der Waals surface area contributed by atoms with Gasteiger partial charge in [-0.15, -0.1) is 0 Å². The minimum atomic E-state index is 0.00838. The van der Waals surface area contributed by atoms with Crippen molar-refractivity contribution in [3.63, 3.8) is 0 Å². The molecule has 0 spiro atoms. The zero-order valence-corrected chi connectivity index (χ0v) is 7.78. The van der Waals surface area contributed by atoms with Crippen LogP contribution in [0.3, 0.4) is 0 Å². The normalized spacial score (nSPS) is 13.2. The van der Waals surface area contributed by atoms with Gasteiger partial charge in [0.1, 0.15) is 18.1 Å². The van der Waals surface area contributed by atoms with Crippen molar-refractivity contribution in [2.24, 2.45) is 0 Å². The molecule has 0 fully saturated rings. The van der Waals surface area contributed by atoms with Gasteiger partial charge in [0.25, 0.3) is 0 Å². The molecule has 0 aromatic heterocycles. The van der Waals surface area contributed by atoms with Gasteiger partial charge in [-0.3, -0.25) is 4.79 Å². The van der Waals surface area contributed by atoms with Crippen LogP contribution in [0.25, 0.3) is 6.08 Å². The summed E-state index contributed by atoms with van der Waals surface area (Å²) in [5.41, 5.74) is 1.76. The standard InChI is InChI=1S/C11H10O3/c1-7-10(13)9(6-12)5-8-3-2-4-14-11(7)8/h2-3,5-6,13H,4H2,1H3. The van der Waals surface area contributed by atoms with Crippen molar-refractivity contribution in [3.05, 3.63) is 28.8 Å². The number of hydrogen-bond acceptors (Lipinski definition) is 3. The molecule has 0 saturated heterocycles. The number of aldehydes is 1. The van der Waals surface area contributed by atoms with Gasteiger partial charge in [-0.05, 0) is 19.1 Å². The summed E-state index contributed by atoms with van der Waals surface area (Å²) in [6.45, 7) is 2.24. The second kappa shape index (κ2) is 3.18. The predicted molar refractivity (Wildman–Crippen MR) is 52.8 cm³/mol. The van der Waals surface area contributed by atoms with Gasteiger partial charge in [-0.2, -0.15) is 0 Å². The van der Waals surface area contributed by atoms with Crippen LogP contribution in [0.4, 0.5) is 0 Å². The van der Waals surface area contributed by atoms with Crippen LogP contribution < -0.4 is 4.74 Å². The monoisotopic (exact) mass is 190 g/mol. The molecule has 0 bridgehead atoms. The van der Waals surface area contributed by atoms with E-state index in [0.717, 1.165) is 5.56 Å². The molecule has 1 aromatic rings. The van der Waals surface area contributed by atoms with Crippen molar-refractivity contribution >= 4 is 12.4 Å². The van der Waals surface area contributed by atoms with Crippen molar-refractivity contribution < 1.29 is 14.6 Å². The lowest BCUT2D eigenvalue weighted by Gasteiger charge is -2.16. The lowest BCUT2D eigenvalue weighted by Crippen LogP contribution is -2.03. The zero-order valence-electron chi connectivity index (χ0n) is 7.78. The number of carbonyl (C=O) groups excluding carboxylic acids is 1. The molecular weight excluding hydrogens is 180 g/mol. The number of carbonyl (C=O) groups is 1. The molecule has 0 radical (unpaired) electrons. The molecule has 72 valence electrons. The van der Waals surface area contributed by atoms with Gasteiger partial charge in [0, 0.05) is 11.1 Å². The quantitative estimate of drug-likeness (QED) is 0.688. The molecule has 3 heteroatoms. The molecule has 0 aliphatic carbocycles. The smallest absolute Gasteiger partial charge is 0.153 e. The third-order valence-electron chi connectivity index (χ3n) is 2.29. The summed E-state index contributed by atoms with van der Waals surface area (Å²) in [5, 5.41) is 9.62. The number of aromatic hydroxyl groups is 1. The molecule has 1 aromatic carbocycles. The van der Waals surface area contributed by atoms with E-state index < -0.39 is 0 Å². The summed E-state index contributed by atoms with van der Waals surface area (Å²) in [6, 6.07) is 1.63. The van der Waals surface area contributed by atoms with Crippen molar-refractivity contribution in [2.75, 3.05) is 6.61 Å². The molecule has 0 unspecified atom stereocenters. The van der Waals surface area contributed by atoms with E-state index in [-0.39, 0.29) is 5.75 Å². The van der Waals surface area contributed by atoms with E-state index in [1.54, 1.807) is 13.0 Å². The Morgan fingerprint density at radius 3 is 3.07 bits per heavy atom. The molecular formula is C11H10O3. The fraction of sp³-hybridized carbons (Fsp3) is 0.182. The first-order valence-electron chi connectivity index (χ1n) is 4.35. The Kier molecular flexibility index (Phi) is 2.00. The van der Waals surface area contributed by atoms with E-state index in [1.807, 2.05) is 12.2 Å². The Morgan fingerprint density at radius 2 is 2.36 bits per heavy atom. The number of fused-ring (bicyclic) bond motifs is 1. The summed E-state index contributed by atoms with van der Waals surface area (Å²) >= 11 is 0. The van der Waals surface area contributed by atoms with Gasteiger partial charge in [-0.1, -0.05) is 6.08 Å². The lowest BCUT2D eigenvalue weighted by molar-refractivity contribution is 0.112. The van der Waals surface area contributed by atoms with Gasteiger partial charge >= 0.3 is 0 Å². The average molecular weight is 190 g/mol. The van der Waals surface area contributed by atoms with Gasteiger partial charge in [0.2, 0.25) is 0 Å². The number of hydrogen-bond donors (Lipinski definition) is 1. The minimum Gasteiger partial charge on any atom is -0.507 e. The predicted octanol–water partition coefficient (Wildman–Crippen LogP) is 1.92. The van der Waals surface area contributed by atoms with Gasteiger partial charge in [0.15, 0.2) is 6.29 Å². The summed E-state index contributed by atoms with van der Waals surface area (Å²) in [6.07, 6.45) is 4.40. The van der Waals surface area contributed by atoms with E-state index in [9.17, 15) is 9.90 Å². The first-order valence-corrected chi connectivity index (χ1v) is 4.35. The third kappa shape index (κ3) is 1.18. The van der Waals surface area contributed by atoms with Crippen molar-refractivity contribution in [3.8, 4) is 11.5 Å². The Labute approximate surface area is 81.6 Å². The Bertz CT molecular complexity index is 419. The van der Waals surface area contributed by atoms with E-state index in [4.69, 9.17) is 4.74 Å². The van der Waals surface area contributed by atoms with Crippen LogP contribution in [-0.2, 0) is 0 Å².